The van der Waals surface area contributed by atoms with Crippen molar-refractivity contribution in [3.05, 3.63) is 30.6 Å². The third kappa shape index (κ3) is 15.9. The molecule has 1 rings (SSSR count). The molecule has 0 aliphatic carbocycles. The van der Waals surface area contributed by atoms with Crippen LogP contribution in [0.2, 0.25) is 0 Å². The normalized spacial score (nSPS) is 11.9. The summed E-state index contributed by atoms with van der Waals surface area (Å²) in [6, 6.07) is 6.33. The minimum atomic E-state index is 0. The molecule has 0 aliphatic rings. The Morgan fingerprint density at radius 1 is 0.615 bits per heavy atom. The fourth-order valence-electron chi connectivity index (χ4n) is 3.68. The predicted molar refractivity (Wildman–Crippen MR) is 111 cm³/mol. The van der Waals surface area contributed by atoms with E-state index in [1.165, 1.54) is 103 Å². The molecule has 0 fully saturated rings. The van der Waals surface area contributed by atoms with Crippen molar-refractivity contribution in [2.75, 3.05) is 0 Å². The van der Waals surface area contributed by atoms with Crippen LogP contribution >= 0.6 is 0 Å². The lowest BCUT2D eigenvalue weighted by molar-refractivity contribution is -0.697. The van der Waals surface area contributed by atoms with Gasteiger partial charge in [-0.2, -0.15) is 0 Å². The van der Waals surface area contributed by atoms with Gasteiger partial charge in [-0.1, -0.05) is 103 Å². The maximum atomic E-state index is 2.44. The Morgan fingerprint density at radius 2 is 1.08 bits per heavy atom. The van der Waals surface area contributed by atoms with Gasteiger partial charge in [0.15, 0.2) is 12.4 Å². The first-order valence-electron chi connectivity index (χ1n) is 11.3. The van der Waals surface area contributed by atoms with Crippen LogP contribution in [-0.4, -0.2) is 0 Å². The van der Waals surface area contributed by atoms with E-state index in [4.69, 9.17) is 0 Å². The monoisotopic (exact) mass is 425 g/mol. The summed E-state index contributed by atoms with van der Waals surface area (Å²) in [7, 11) is 0. The Balaban J connectivity index is 0.00000625. The molecular weight excluding hydrogens is 382 g/mol. The maximum Gasteiger partial charge on any atom is 0.168 e. The molecule has 0 spiro atoms. The average Bonchev–Trinajstić information content (AvgIpc) is 2.63. The van der Waals surface area contributed by atoms with Crippen molar-refractivity contribution < 1.29 is 21.5 Å². The molecule has 0 radical (unpaired) electrons. The van der Waals surface area contributed by atoms with E-state index in [0.717, 1.165) is 5.92 Å². The van der Waals surface area contributed by atoms with Crippen LogP contribution in [0.4, 0.5) is 0 Å². The molecule has 1 aromatic heterocycles. The third-order valence-corrected chi connectivity index (χ3v) is 5.44. The predicted octanol–water partition coefficient (Wildman–Crippen LogP) is 4.49. The van der Waals surface area contributed by atoms with Crippen molar-refractivity contribution in [2.45, 2.75) is 117 Å². The van der Waals surface area contributed by atoms with Gasteiger partial charge in [-0.05, 0) is 12.3 Å². The molecule has 26 heavy (non-hydrogen) atoms. The largest absolute Gasteiger partial charge is 1.00 e. The number of aromatic nitrogens is 1. The second-order valence-electron chi connectivity index (χ2n) is 8.04. The van der Waals surface area contributed by atoms with E-state index < -0.39 is 0 Å². The number of aryl methyl sites for hydroxylation is 1. The Labute approximate surface area is 174 Å². The van der Waals surface area contributed by atoms with Gasteiger partial charge in [-0.25, -0.2) is 4.57 Å². The number of hydrogen-bond donors (Lipinski definition) is 0. The molecule has 152 valence electrons. The number of nitrogens with zero attached hydrogens (tertiary/aromatic N) is 1. The summed E-state index contributed by atoms with van der Waals surface area (Å²) in [5.74, 6) is 0.896. The van der Waals surface area contributed by atoms with Crippen molar-refractivity contribution in [3.8, 4) is 0 Å². The minimum Gasteiger partial charge on any atom is -1.00 e. The lowest BCUT2D eigenvalue weighted by atomic mass is 9.97. The molecule has 1 atom stereocenters. The fraction of sp³-hybridized carbons (Fsp3) is 0.792. The van der Waals surface area contributed by atoms with E-state index in [1.807, 2.05) is 0 Å². The topological polar surface area (TPSA) is 3.88 Å². The number of halogens is 1. The van der Waals surface area contributed by atoms with Crippen molar-refractivity contribution in [3.63, 3.8) is 0 Å². The van der Waals surface area contributed by atoms with Gasteiger partial charge in [0.05, 0.1) is 0 Å². The van der Waals surface area contributed by atoms with Crippen LogP contribution in [-0.2, 0) is 6.54 Å². The minimum absolute atomic E-state index is 0. The van der Waals surface area contributed by atoms with Gasteiger partial charge in [0.1, 0.15) is 6.54 Å². The Kier molecular flexibility index (Phi) is 19.1. The summed E-state index contributed by atoms with van der Waals surface area (Å²) in [5, 5.41) is 0. The highest BCUT2D eigenvalue weighted by atomic mass is 79.9. The molecule has 0 amide bonds. The van der Waals surface area contributed by atoms with Crippen LogP contribution in [0.5, 0.6) is 0 Å². The van der Waals surface area contributed by atoms with Crippen molar-refractivity contribution in [1.29, 1.82) is 0 Å². The highest BCUT2D eigenvalue weighted by Gasteiger charge is 2.04. The Bertz CT molecular complexity index is 379. The first-order chi connectivity index (χ1) is 12.3. The van der Waals surface area contributed by atoms with E-state index in [2.05, 4.69) is 49.0 Å². The summed E-state index contributed by atoms with van der Waals surface area (Å²) in [4.78, 5) is 0. The van der Waals surface area contributed by atoms with Gasteiger partial charge in [0.25, 0.3) is 0 Å². The first-order valence-corrected chi connectivity index (χ1v) is 11.3. The van der Waals surface area contributed by atoms with Crippen molar-refractivity contribution >= 4 is 0 Å². The van der Waals surface area contributed by atoms with E-state index >= 15 is 0 Å². The average molecular weight is 427 g/mol. The van der Waals surface area contributed by atoms with Gasteiger partial charge < -0.3 is 17.0 Å². The molecule has 0 bridgehead atoms. The zero-order chi connectivity index (χ0) is 18.0. The molecule has 0 saturated carbocycles. The van der Waals surface area contributed by atoms with Crippen LogP contribution in [0.3, 0.4) is 0 Å². The van der Waals surface area contributed by atoms with Crippen LogP contribution in [0.25, 0.3) is 0 Å². The summed E-state index contributed by atoms with van der Waals surface area (Å²) >= 11 is 0. The fourth-order valence-corrected chi connectivity index (χ4v) is 3.68. The molecule has 1 nitrogen and oxygen atoms in total. The second kappa shape index (κ2) is 19.4. The third-order valence-electron chi connectivity index (χ3n) is 5.44. The highest BCUT2D eigenvalue weighted by Crippen LogP contribution is 2.17. The van der Waals surface area contributed by atoms with Gasteiger partial charge in [-0.15, -0.1) is 0 Å². The van der Waals surface area contributed by atoms with Gasteiger partial charge in [0, 0.05) is 18.6 Å². The molecule has 2 heteroatoms. The SMILES string of the molecule is CCCCCCCCCCCCCCC(C)CCC[n+]1ccccc1.[Br-]. The van der Waals surface area contributed by atoms with Crippen molar-refractivity contribution in [1.82, 2.24) is 0 Å². The lowest BCUT2D eigenvalue weighted by Gasteiger charge is -2.10. The van der Waals surface area contributed by atoms with Gasteiger partial charge in [0.2, 0.25) is 0 Å². The van der Waals surface area contributed by atoms with E-state index in [-0.39, 0.29) is 17.0 Å². The number of hydrogen-bond acceptors (Lipinski definition) is 0. The molecule has 0 saturated heterocycles. The van der Waals surface area contributed by atoms with Crippen LogP contribution in [0, 0.1) is 5.92 Å². The molecular formula is C24H44BrN. The molecule has 1 heterocycles. The zero-order valence-corrected chi connectivity index (χ0v) is 19.2. The standard InChI is InChI=1S/C24H44N.BrH/c1-3-4-5-6-7-8-9-10-11-12-13-15-19-24(2)20-18-23-25-21-16-14-17-22-25;/h14,16-17,21-22,24H,3-13,15,18-20,23H2,1-2H3;1H/q+1;/p-1. The summed E-state index contributed by atoms with van der Waals surface area (Å²) in [6.07, 6.45) is 25.9. The first kappa shape index (κ1) is 25.6. The summed E-state index contributed by atoms with van der Waals surface area (Å²) in [5.41, 5.74) is 0. The molecule has 0 aliphatic heterocycles. The number of rotatable bonds is 17. The molecule has 0 N–H and O–H groups in total. The smallest absolute Gasteiger partial charge is 0.168 e. The molecule has 0 aromatic carbocycles. The zero-order valence-electron chi connectivity index (χ0n) is 17.6. The van der Waals surface area contributed by atoms with Crippen molar-refractivity contribution in [2.24, 2.45) is 5.92 Å². The highest BCUT2D eigenvalue weighted by molar-refractivity contribution is 4.83. The summed E-state index contributed by atoms with van der Waals surface area (Å²) < 4.78 is 2.30. The van der Waals surface area contributed by atoms with E-state index in [1.54, 1.807) is 0 Å². The van der Waals surface area contributed by atoms with Crippen LogP contribution < -0.4 is 21.5 Å². The number of pyridine rings is 1. The quantitative estimate of drug-likeness (QED) is 0.255. The summed E-state index contributed by atoms with van der Waals surface area (Å²) in [6.45, 7) is 5.91. The Morgan fingerprint density at radius 3 is 1.62 bits per heavy atom. The van der Waals surface area contributed by atoms with Crippen LogP contribution in [0.15, 0.2) is 30.6 Å². The van der Waals surface area contributed by atoms with E-state index in [0.29, 0.717) is 0 Å². The van der Waals surface area contributed by atoms with E-state index in [9.17, 15) is 0 Å². The lowest BCUT2D eigenvalue weighted by Crippen LogP contribution is -3.00. The molecule has 1 aromatic rings. The van der Waals surface area contributed by atoms with Gasteiger partial charge in [-0.3, -0.25) is 0 Å². The van der Waals surface area contributed by atoms with Gasteiger partial charge >= 0.3 is 0 Å². The van der Waals surface area contributed by atoms with Crippen LogP contribution in [0.1, 0.15) is 110 Å². The maximum absolute atomic E-state index is 2.44. The second-order valence-corrected chi connectivity index (χ2v) is 8.04. The Hall–Kier alpha value is -0.370. The molecule has 1 unspecified atom stereocenters. The number of unbranched alkanes of at least 4 members (excludes halogenated alkanes) is 11.